The molecule has 2 fully saturated rings. The second-order valence-corrected chi connectivity index (χ2v) is 6.83. The van der Waals surface area contributed by atoms with Gasteiger partial charge in [-0.2, -0.15) is 0 Å². The van der Waals surface area contributed by atoms with Crippen LogP contribution in [0.15, 0.2) is 6.33 Å². The number of hydrogen-bond acceptors (Lipinski definition) is 8. The summed E-state index contributed by atoms with van der Waals surface area (Å²) < 4.78 is 7.66. The molecule has 3 heterocycles. The number of ether oxygens (including phenoxy) is 1. The van der Waals surface area contributed by atoms with Crippen LogP contribution in [-0.4, -0.2) is 54.6 Å². The van der Waals surface area contributed by atoms with Crippen LogP contribution in [0.1, 0.15) is 44.8 Å². The predicted octanol–water partition coefficient (Wildman–Crippen LogP) is 0.794. The molecule has 0 spiro atoms. The molecular formula is C16H24N6O3. The number of nitrogens with zero attached hydrogens (tertiary/aromatic N) is 4. The molecule has 3 atom stereocenters. The molecule has 5 N–H and O–H groups in total. The number of nitrogens with two attached hydrogens (primary N) is 1. The van der Waals surface area contributed by atoms with Crippen molar-refractivity contribution in [1.29, 1.82) is 0 Å². The van der Waals surface area contributed by atoms with E-state index in [1.807, 2.05) is 4.57 Å². The van der Waals surface area contributed by atoms with E-state index in [2.05, 4.69) is 20.3 Å². The first-order chi connectivity index (χ1) is 12.2. The average molecular weight is 348 g/mol. The van der Waals surface area contributed by atoms with E-state index in [1.54, 1.807) is 0 Å². The third-order valence-electron chi connectivity index (χ3n) is 5.12. The fraction of sp³-hybridized carbons (Fsp3) is 0.688. The molecule has 2 aliphatic rings. The lowest BCUT2D eigenvalue weighted by Gasteiger charge is -2.25. The number of hydrogen-bond donors (Lipinski definition) is 4. The highest BCUT2D eigenvalue weighted by Crippen LogP contribution is 2.35. The van der Waals surface area contributed by atoms with E-state index in [0.717, 1.165) is 12.8 Å². The summed E-state index contributed by atoms with van der Waals surface area (Å²) in [6, 6.07) is 0.346. The number of aliphatic hydroxyl groups is 2. The Morgan fingerprint density at radius 2 is 2.08 bits per heavy atom. The van der Waals surface area contributed by atoms with E-state index < -0.39 is 18.4 Å². The van der Waals surface area contributed by atoms with E-state index in [0.29, 0.717) is 35.4 Å². The first kappa shape index (κ1) is 16.5. The fourth-order valence-corrected chi connectivity index (χ4v) is 3.77. The maximum absolute atomic E-state index is 10.1. The van der Waals surface area contributed by atoms with Crippen molar-refractivity contribution < 1.29 is 14.9 Å². The zero-order valence-corrected chi connectivity index (χ0v) is 14.0. The largest absolute Gasteiger partial charge is 0.394 e. The third kappa shape index (κ3) is 3.03. The maximum Gasteiger partial charge on any atom is 0.207 e. The van der Waals surface area contributed by atoms with Gasteiger partial charge < -0.3 is 26.0 Å². The lowest BCUT2D eigenvalue weighted by Crippen LogP contribution is -2.26. The molecule has 0 aromatic carbocycles. The number of nitrogens with one attached hydrogen (secondary N) is 1. The Kier molecular flexibility index (Phi) is 4.45. The van der Waals surface area contributed by atoms with Gasteiger partial charge in [-0.3, -0.25) is 4.57 Å². The minimum absolute atomic E-state index is 0.229. The Morgan fingerprint density at radius 3 is 2.80 bits per heavy atom. The van der Waals surface area contributed by atoms with E-state index >= 15 is 0 Å². The van der Waals surface area contributed by atoms with E-state index in [-0.39, 0.29) is 6.61 Å². The standard InChI is InChI=1S/C16H24N6O3/c17-14-13-15(19-8-18-14)22(12-6-10(24)11(7-23)25-12)16(21-13)20-9-4-2-1-3-5-9/h8-12,23-24H,1-7H2,(H,20,21)(H2,17,18,19)/t10-,11+,12+/m0/s1. The minimum Gasteiger partial charge on any atom is -0.394 e. The van der Waals surface area contributed by atoms with Gasteiger partial charge in [0.2, 0.25) is 5.95 Å². The van der Waals surface area contributed by atoms with Gasteiger partial charge in [-0.1, -0.05) is 19.3 Å². The SMILES string of the molecule is Nc1ncnc2c1nc(NC1CCCCC1)n2[C@H]1C[C@H](O)[C@@H](CO)O1. The summed E-state index contributed by atoms with van der Waals surface area (Å²) in [5, 5.41) is 23.0. The molecule has 1 aliphatic carbocycles. The van der Waals surface area contributed by atoms with Crippen LogP contribution < -0.4 is 11.1 Å². The van der Waals surface area contributed by atoms with Crippen molar-refractivity contribution in [3.63, 3.8) is 0 Å². The number of nitrogen functional groups attached to an aromatic ring is 1. The molecule has 0 unspecified atom stereocenters. The smallest absolute Gasteiger partial charge is 0.207 e. The molecule has 9 nitrogen and oxygen atoms in total. The molecule has 2 aromatic heterocycles. The lowest BCUT2D eigenvalue weighted by atomic mass is 9.96. The van der Waals surface area contributed by atoms with Gasteiger partial charge in [0.15, 0.2) is 17.0 Å². The number of aliphatic hydroxyl groups excluding tert-OH is 2. The van der Waals surface area contributed by atoms with Crippen molar-refractivity contribution in [2.45, 2.75) is 63.0 Å². The monoisotopic (exact) mass is 348 g/mol. The van der Waals surface area contributed by atoms with E-state index in [9.17, 15) is 10.2 Å². The Balaban J connectivity index is 1.72. The van der Waals surface area contributed by atoms with Crippen molar-refractivity contribution >= 4 is 22.9 Å². The summed E-state index contributed by atoms with van der Waals surface area (Å²) in [6.07, 6.45) is 5.82. The Hall–Kier alpha value is -1.97. The first-order valence-electron chi connectivity index (χ1n) is 8.86. The molecule has 1 aliphatic heterocycles. The number of aromatic nitrogens is 4. The summed E-state index contributed by atoms with van der Waals surface area (Å²) in [5.41, 5.74) is 7.06. The molecular weight excluding hydrogens is 324 g/mol. The summed E-state index contributed by atoms with van der Waals surface area (Å²) in [6.45, 7) is -0.229. The molecule has 1 saturated carbocycles. The van der Waals surface area contributed by atoms with Crippen LogP contribution in [0.4, 0.5) is 11.8 Å². The fourth-order valence-electron chi connectivity index (χ4n) is 3.77. The molecule has 1 saturated heterocycles. The molecule has 136 valence electrons. The lowest BCUT2D eigenvalue weighted by molar-refractivity contribution is -0.0426. The summed E-state index contributed by atoms with van der Waals surface area (Å²) >= 11 is 0. The van der Waals surface area contributed by atoms with Crippen molar-refractivity contribution in [1.82, 2.24) is 19.5 Å². The summed E-state index contributed by atoms with van der Waals surface area (Å²) in [4.78, 5) is 12.9. The summed E-state index contributed by atoms with van der Waals surface area (Å²) in [7, 11) is 0. The van der Waals surface area contributed by atoms with Crippen LogP contribution in [0, 0.1) is 0 Å². The van der Waals surface area contributed by atoms with Crippen molar-refractivity contribution in [2.75, 3.05) is 17.7 Å². The zero-order valence-electron chi connectivity index (χ0n) is 14.0. The van der Waals surface area contributed by atoms with E-state index in [4.69, 9.17) is 10.5 Å². The number of anilines is 2. The second-order valence-electron chi connectivity index (χ2n) is 6.83. The molecule has 2 aromatic rings. The highest BCUT2D eigenvalue weighted by atomic mass is 16.5. The third-order valence-corrected chi connectivity index (χ3v) is 5.12. The maximum atomic E-state index is 10.1. The van der Waals surface area contributed by atoms with Gasteiger partial charge in [-0.25, -0.2) is 15.0 Å². The van der Waals surface area contributed by atoms with Crippen LogP contribution in [0.2, 0.25) is 0 Å². The van der Waals surface area contributed by atoms with Crippen LogP contribution in [0.25, 0.3) is 11.2 Å². The van der Waals surface area contributed by atoms with Crippen molar-refractivity contribution in [3.8, 4) is 0 Å². The number of rotatable bonds is 4. The Labute approximate surface area is 145 Å². The summed E-state index contributed by atoms with van der Waals surface area (Å²) in [5.74, 6) is 0.942. The molecule has 0 radical (unpaired) electrons. The van der Waals surface area contributed by atoms with Gasteiger partial charge in [-0.05, 0) is 12.8 Å². The van der Waals surface area contributed by atoms with Crippen molar-refractivity contribution in [2.24, 2.45) is 0 Å². The van der Waals surface area contributed by atoms with Gasteiger partial charge in [0.05, 0.1) is 12.7 Å². The van der Waals surface area contributed by atoms with E-state index in [1.165, 1.54) is 25.6 Å². The molecule has 0 bridgehead atoms. The van der Waals surface area contributed by atoms with Gasteiger partial charge in [0, 0.05) is 12.5 Å². The van der Waals surface area contributed by atoms with Crippen LogP contribution >= 0.6 is 0 Å². The normalized spacial score (nSPS) is 27.8. The molecule has 0 amide bonds. The van der Waals surface area contributed by atoms with Crippen LogP contribution in [-0.2, 0) is 4.74 Å². The molecule has 4 rings (SSSR count). The second kappa shape index (κ2) is 6.74. The number of fused-ring (bicyclic) bond motifs is 1. The minimum atomic E-state index is -0.728. The van der Waals surface area contributed by atoms with Crippen LogP contribution in [0.5, 0.6) is 0 Å². The molecule has 9 heteroatoms. The topological polar surface area (TPSA) is 131 Å². The molecule has 25 heavy (non-hydrogen) atoms. The first-order valence-corrected chi connectivity index (χ1v) is 8.86. The van der Waals surface area contributed by atoms with Crippen LogP contribution in [0.3, 0.4) is 0 Å². The van der Waals surface area contributed by atoms with Crippen molar-refractivity contribution in [3.05, 3.63) is 6.33 Å². The zero-order chi connectivity index (χ0) is 17.4. The van der Waals surface area contributed by atoms with Gasteiger partial charge >= 0.3 is 0 Å². The quantitative estimate of drug-likeness (QED) is 0.638. The van der Waals surface area contributed by atoms with Gasteiger partial charge in [-0.15, -0.1) is 0 Å². The highest BCUT2D eigenvalue weighted by molar-refractivity contribution is 5.84. The number of imidazole rings is 1. The Bertz CT molecular complexity index is 745. The van der Waals surface area contributed by atoms with Gasteiger partial charge in [0.25, 0.3) is 0 Å². The average Bonchev–Trinajstić information content (AvgIpc) is 3.16. The highest BCUT2D eigenvalue weighted by Gasteiger charge is 2.37. The van der Waals surface area contributed by atoms with Gasteiger partial charge in [0.1, 0.15) is 18.7 Å². The predicted molar refractivity (Wildman–Crippen MR) is 91.9 cm³/mol. The Morgan fingerprint density at radius 1 is 1.28 bits per heavy atom.